The monoisotopic (exact) mass is 353 g/mol. The number of amides is 1. The van der Waals surface area contributed by atoms with Crippen molar-refractivity contribution in [1.82, 2.24) is 5.32 Å². The summed E-state index contributed by atoms with van der Waals surface area (Å²) in [7, 11) is 1.57. The fourth-order valence-corrected chi connectivity index (χ4v) is 3.53. The summed E-state index contributed by atoms with van der Waals surface area (Å²) in [6.45, 7) is 3.86. The van der Waals surface area contributed by atoms with Crippen molar-refractivity contribution in [3.63, 3.8) is 0 Å². The first-order valence-corrected chi connectivity index (χ1v) is 8.71. The van der Waals surface area contributed by atoms with Crippen LogP contribution in [0.2, 0.25) is 0 Å². The van der Waals surface area contributed by atoms with E-state index in [1.807, 2.05) is 31.2 Å². The molecule has 1 aliphatic rings. The summed E-state index contributed by atoms with van der Waals surface area (Å²) in [5, 5.41) is 2.96. The first kappa shape index (κ1) is 18.0. The normalized spacial score (nSPS) is 14.4. The van der Waals surface area contributed by atoms with Gasteiger partial charge in [0.05, 0.1) is 13.7 Å². The molecule has 1 aliphatic carbocycles. The topological polar surface area (TPSA) is 64.6 Å². The van der Waals surface area contributed by atoms with Crippen molar-refractivity contribution in [2.24, 2.45) is 0 Å². The molecule has 0 bridgehead atoms. The Bertz CT molecular complexity index is 819. The molecule has 5 heteroatoms. The van der Waals surface area contributed by atoms with Crippen LogP contribution in [0.15, 0.2) is 42.5 Å². The maximum Gasteiger partial charge on any atom is 0.332 e. The molecule has 26 heavy (non-hydrogen) atoms. The molecule has 0 saturated carbocycles. The summed E-state index contributed by atoms with van der Waals surface area (Å²) >= 11 is 0. The van der Waals surface area contributed by atoms with Gasteiger partial charge >= 0.3 is 5.97 Å². The molecule has 3 rings (SSSR count). The lowest BCUT2D eigenvalue weighted by Gasteiger charge is -2.28. The fourth-order valence-electron chi connectivity index (χ4n) is 3.53. The van der Waals surface area contributed by atoms with Crippen molar-refractivity contribution in [3.8, 4) is 5.75 Å². The van der Waals surface area contributed by atoms with Gasteiger partial charge in [-0.3, -0.25) is 4.79 Å². The van der Waals surface area contributed by atoms with Gasteiger partial charge in [0.15, 0.2) is 0 Å². The Balaban J connectivity index is 1.93. The Hall–Kier alpha value is -2.82. The molecule has 0 radical (unpaired) electrons. The third-order valence-corrected chi connectivity index (χ3v) is 4.87. The average molecular weight is 353 g/mol. The number of hydrogen-bond acceptors (Lipinski definition) is 4. The SMILES string of the molecule is CCOC(=O)C1(NC(=O)c2cccc(OC)c2C)Cc2ccccc2C1. The number of benzene rings is 2. The van der Waals surface area contributed by atoms with E-state index in [-0.39, 0.29) is 12.5 Å². The predicted molar refractivity (Wildman–Crippen MR) is 98.4 cm³/mol. The molecule has 0 atom stereocenters. The number of carbonyl (C=O) groups is 2. The summed E-state index contributed by atoms with van der Waals surface area (Å²) < 4.78 is 10.6. The molecule has 0 unspecified atom stereocenters. The van der Waals surface area contributed by atoms with Crippen molar-refractivity contribution >= 4 is 11.9 Å². The van der Waals surface area contributed by atoms with E-state index >= 15 is 0 Å². The van der Waals surface area contributed by atoms with Crippen LogP contribution in [0.4, 0.5) is 0 Å². The summed E-state index contributed by atoms with van der Waals surface area (Å²) in [5.74, 6) is -0.0649. The number of hydrogen-bond donors (Lipinski definition) is 1. The van der Waals surface area contributed by atoms with Crippen LogP contribution in [0.25, 0.3) is 0 Å². The third kappa shape index (κ3) is 3.17. The summed E-state index contributed by atoms with van der Waals surface area (Å²) in [4.78, 5) is 25.7. The maximum atomic E-state index is 13.0. The van der Waals surface area contributed by atoms with Crippen LogP contribution in [-0.2, 0) is 22.4 Å². The average Bonchev–Trinajstić information content (AvgIpc) is 3.01. The zero-order valence-electron chi connectivity index (χ0n) is 15.3. The molecular formula is C21H23NO4. The summed E-state index contributed by atoms with van der Waals surface area (Å²) in [6, 6.07) is 13.1. The number of nitrogens with one attached hydrogen (secondary N) is 1. The molecule has 136 valence electrons. The number of carbonyl (C=O) groups excluding carboxylic acids is 2. The van der Waals surface area contributed by atoms with Crippen molar-refractivity contribution in [2.45, 2.75) is 32.2 Å². The van der Waals surface area contributed by atoms with E-state index in [9.17, 15) is 9.59 Å². The van der Waals surface area contributed by atoms with E-state index in [1.54, 1.807) is 32.2 Å². The summed E-state index contributed by atoms with van der Waals surface area (Å²) in [5.41, 5.74) is 2.27. The van der Waals surface area contributed by atoms with Gasteiger partial charge in [0.1, 0.15) is 11.3 Å². The quantitative estimate of drug-likeness (QED) is 0.840. The lowest BCUT2D eigenvalue weighted by molar-refractivity contribution is -0.150. The van der Waals surface area contributed by atoms with Gasteiger partial charge in [0.25, 0.3) is 5.91 Å². The fraction of sp³-hybridized carbons (Fsp3) is 0.333. The molecule has 2 aromatic rings. The van der Waals surface area contributed by atoms with Crippen molar-refractivity contribution < 1.29 is 19.1 Å². The zero-order chi connectivity index (χ0) is 18.7. The molecule has 5 nitrogen and oxygen atoms in total. The van der Waals surface area contributed by atoms with E-state index in [1.165, 1.54) is 0 Å². The van der Waals surface area contributed by atoms with E-state index in [0.717, 1.165) is 16.7 Å². The van der Waals surface area contributed by atoms with Crippen LogP contribution in [0.3, 0.4) is 0 Å². The van der Waals surface area contributed by atoms with Gasteiger partial charge in [-0.1, -0.05) is 30.3 Å². The Morgan fingerprint density at radius 1 is 1.08 bits per heavy atom. The van der Waals surface area contributed by atoms with Crippen LogP contribution in [0.5, 0.6) is 5.75 Å². The number of rotatable bonds is 5. The largest absolute Gasteiger partial charge is 0.496 e. The highest BCUT2D eigenvalue weighted by molar-refractivity contribution is 6.00. The molecule has 2 aromatic carbocycles. The Morgan fingerprint density at radius 3 is 2.31 bits per heavy atom. The highest BCUT2D eigenvalue weighted by Gasteiger charge is 2.46. The Kier molecular flexibility index (Phi) is 4.98. The molecule has 0 saturated heterocycles. The molecule has 1 N–H and O–H groups in total. The minimum Gasteiger partial charge on any atom is -0.496 e. The standard InChI is InChI=1S/C21H23NO4/c1-4-26-20(24)21(12-15-8-5-6-9-16(15)13-21)22-19(23)17-10-7-11-18(25-3)14(17)2/h5-11H,4,12-13H2,1-3H3,(H,22,23). The van der Waals surface area contributed by atoms with Crippen LogP contribution >= 0.6 is 0 Å². The minimum atomic E-state index is -1.08. The third-order valence-electron chi connectivity index (χ3n) is 4.87. The predicted octanol–water partition coefficient (Wildman–Crippen LogP) is 2.83. The maximum absolute atomic E-state index is 13.0. The van der Waals surface area contributed by atoms with Crippen molar-refractivity contribution in [2.75, 3.05) is 13.7 Å². The van der Waals surface area contributed by atoms with E-state index < -0.39 is 11.5 Å². The van der Waals surface area contributed by atoms with E-state index in [2.05, 4.69) is 5.32 Å². The van der Waals surface area contributed by atoms with Gasteiger partial charge in [-0.05, 0) is 37.1 Å². The molecule has 1 amide bonds. The number of methoxy groups -OCH3 is 1. The van der Waals surface area contributed by atoms with Gasteiger partial charge in [0, 0.05) is 24.0 Å². The second kappa shape index (κ2) is 7.20. The first-order valence-electron chi connectivity index (χ1n) is 8.71. The van der Waals surface area contributed by atoms with Crippen LogP contribution < -0.4 is 10.1 Å². The van der Waals surface area contributed by atoms with Gasteiger partial charge in [-0.25, -0.2) is 4.79 Å². The lowest BCUT2D eigenvalue weighted by Crippen LogP contribution is -2.56. The van der Waals surface area contributed by atoms with Gasteiger partial charge in [-0.2, -0.15) is 0 Å². The molecule has 0 fully saturated rings. The number of esters is 1. The van der Waals surface area contributed by atoms with Crippen molar-refractivity contribution in [3.05, 3.63) is 64.7 Å². The van der Waals surface area contributed by atoms with E-state index in [4.69, 9.17) is 9.47 Å². The van der Waals surface area contributed by atoms with Gasteiger partial charge < -0.3 is 14.8 Å². The zero-order valence-corrected chi connectivity index (χ0v) is 15.3. The lowest BCUT2D eigenvalue weighted by atomic mass is 9.94. The minimum absolute atomic E-state index is 0.269. The first-order chi connectivity index (χ1) is 12.5. The van der Waals surface area contributed by atoms with Crippen LogP contribution in [-0.4, -0.2) is 31.1 Å². The Labute approximate surface area is 153 Å². The Morgan fingerprint density at radius 2 is 1.73 bits per heavy atom. The summed E-state index contributed by atoms with van der Waals surface area (Å²) in [6.07, 6.45) is 0.855. The van der Waals surface area contributed by atoms with Gasteiger partial charge in [-0.15, -0.1) is 0 Å². The molecule has 0 aromatic heterocycles. The van der Waals surface area contributed by atoms with Gasteiger partial charge in [0.2, 0.25) is 0 Å². The highest BCUT2D eigenvalue weighted by Crippen LogP contribution is 2.32. The van der Waals surface area contributed by atoms with Crippen LogP contribution in [0, 0.1) is 6.92 Å². The van der Waals surface area contributed by atoms with E-state index in [0.29, 0.717) is 24.2 Å². The molecule has 0 spiro atoms. The molecule has 0 aliphatic heterocycles. The smallest absolute Gasteiger partial charge is 0.332 e. The number of ether oxygens (including phenoxy) is 2. The van der Waals surface area contributed by atoms with Crippen molar-refractivity contribution in [1.29, 1.82) is 0 Å². The second-order valence-electron chi connectivity index (χ2n) is 6.51. The highest BCUT2D eigenvalue weighted by atomic mass is 16.5. The molecular weight excluding hydrogens is 330 g/mol. The van der Waals surface area contributed by atoms with Crippen LogP contribution in [0.1, 0.15) is 34.0 Å². The number of fused-ring (bicyclic) bond motifs is 1. The molecule has 0 heterocycles. The second-order valence-corrected chi connectivity index (χ2v) is 6.51.